The molecular weight excluding hydrogens is 318 g/mol. The zero-order valence-corrected chi connectivity index (χ0v) is 13.7. The molecule has 122 valence electrons. The van der Waals surface area contributed by atoms with Crippen molar-refractivity contribution in [2.24, 2.45) is 5.92 Å². The predicted octanol–water partition coefficient (Wildman–Crippen LogP) is 1.31. The van der Waals surface area contributed by atoms with Gasteiger partial charge in [-0.05, 0) is 26.7 Å². The van der Waals surface area contributed by atoms with Gasteiger partial charge in [-0.15, -0.1) is 11.3 Å². The van der Waals surface area contributed by atoms with Gasteiger partial charge in [0.25, 0.3) is 11.5 Å². The van der Waals surface area contributed by atoms with Crippen molar-refractivity contribution in [3.05, 3.63) is 32.7 Å². The van der Waals surface area contributed by atoms with E-state index in [1.807, 2.05) is 13.8 Å². The van der Waals surface area contributed by atoms with E-state index in [4.69, 9.17) is 5.11 Å². The first-order chi connectivity index (χ1) is 10.9. The average molecular weight is 335 g/mol. The summed E-state index contributed by atoms with van der Waals surface area (Å²) < 4.78 is 1.45. The molecule has 8 heteroatoms. The minimum atomic E-state index is -0.905. The van der Waals surface area contributed by atoms with Crippen LogP contribution in [0.4, 0.5) is 0 Å². The van der Waals surface area contributed by atoms with Gasteiger partial charge in [-0.25, -0.2) is 4.98 Å². The summed E-state index contributed by atoms with van der Waals surface area (Å²) in [6, 6.07) is 0. The summed E-state index contributed by atoms with van der Waals surface area (Å²) in [5.41, 5.74) is 0.382. The molecule has 1 fully saturated rings. The molecule has 1 N–H and O–H groups in total. The highest BCUT2D eigenvalue weighted by Gasteiger charge is 2.30. The number of carboxylic acid groups (broad SMARTS) is 1. The van der Waals surface area contributed by atoms with Crippen LogP contribution in [0.3, 0.4) is 0 Å². The topological polar surface area (TPSA) is 92.0 Å². The van der Waals surface area contributed by atoms with E-state index in [0.29, 0.717) is 24.3 Å². The van der Waals surface area contributed by atoms with E-state index in [2.05, 4.69) is 4.98 Å². The number of aryl methyl sites for hydroxylation is 2. The van der Waals surface area contributed by atoms with Crippen molar-refractivity contribution < 1.29 is 14.7 Å². The van der Waals surface area contributed by atoms with Gasteiger partial charge in [0.2, 0.25) is 0 Å². The Bertz CT molecular complexity index is 854. The smallest absolute Gasteiger partial charge is 0.308 e. The van der Waals surface area contributed by atoms with Gasteiger partial charge in [0.15, 0.2) is 4.96 Å². The minimum absolute atomic E-state index is 0.00515. The van der Waals surface area contributed by atoms with Crippen molar-refractivity contribution in [3.63, 3.8) is 0 Å². The lowest BCUT2D eigenvalue weighted by Crippen LogP contribution is -2.44. The highest BCUT2D eigenvalue weighted by molar-refractivity contribution is 7.17. The molecule has 1 aliphatic rings. The summed E-state index contributed by atoms with van der Waals surface area (Å²) in [7, 11) is 0. The van der Waals surface area contributed by atoms with Gasteiger partial charge in [0.05, 0.1) is 5.92 Å². The number of amides is 1. The van der Waals surface area contributed by atoms with Crippen LogP contribution in [0.25, 0.3) is 4.96 Å². The molecule has 3 heterocycles. The van der Waals surface area contributed by atoms with E-state index in [0.717, 1.165) is 10.6 Å². The van der Waals surface area contributed by atoms with Crippen LogP contribution in [0, 0.1) is 19.8 Å². The first-order valence-electron chi connectivity index (χ1n) is 7.40. The van der Waals surface area contributed by atoms with E-state index in [9.17, 15) is 14.4 Å². The molecule has 1 aliphatic heterocycles. The van der Waals surface area contributed by atoms with Crippen LogP contribution >= 0.6 is 11.3 Å². The molecule has 0 aliphatic carbocycles. The third-order valence-corrected chi connectivity index (χ3v) is 5.38. The molecule has 3 rings (SSSR count). The zero-order valence-electron chi connectivity index (χ0n) is 12.9. The van der Waals surface area contributed by atoms with Crippen LogP contribution in [-0.2, 0) is 4.79 Å². The summed E-state index contributed by atoms with van der Waals surface area (Å²) >= 11 is 1.40. The second-order valence-corrected chi connectivity index (χ2v) is 6.95. The quantitative estimate of drug-likeness (QED) is 0.893. The van der Waals surface area contributed by atoms with E-state index < -0.39 is 17.8 Å². The number of thiazole rings is 1. The van der Waals surface area contributed by atoms with Gasteiger partial charge in [-0.2, -0.15) is 0 Å². The third-order valence-electron chi connectivity index (χ3n) is 4.31. The number of aromatic nitrogens is 2. The lowest BCUT2D eigenvalue weighted by atomic mass is 9.98. The lowest BCUT2D eigenvalue weighted by Gasteiger charge is -2.30. The second kappa shape index (κ2) is 5.77. The molecular formula is C15H17N3O4S. The van der Waals surface area contributed by atoms with Gasteiger partial charge in [0, 0.05) is 29.9 Å². The summed E-state index contributed by atoms with van der Waals surface area (Å²) in [5, 5.41) is 9.13. The number of carboxylic acids is 1. The Hall–Kier alpha value is -2.22. The van der Waals surface area contributed by atoms with E-state index in [1.54, 1.807) is 0 Å². The minimum Gasteiger partial charge on any atom is -0.481 e. The maximum Gasteiger partial charge on any atom is 0.308 e. The van der Waals surface area contributed by atoms with Crippen molar-refractivity contribution in [2.45, 2.75) is 26.7 Å². The number of fused-ring (bicyclic) bond motifs is 1. The molecule has 0 aromatic carbocycles. The number of hydrogen-bond donors (Lipinski definition) is 1. The fraction of sp³-hybridized carbons (Fsp3) is 0.467. The van der Waals surface area contributed by atoms with Gasteiger partial charge >= 0.3 is 5.97 Å². The van der Waals surface area contributed by atoms with Crippen molar-refractivity contribution in [1.29, 1.82) is 0 Å². The summed E-state index contributed by atoms with van der Waals surface area (Å²) in [5.74, 6) is -1.92. The summed E-state index contributed by atoms with van der Waals surface area (Å²) in [6.07, 6.45) is 2.48. The maximum absolute atomic E-state index is 12.6. The second-order valence-electron chi connectivity index (χ2n) is 5.77. The normalized spacial score (nSPS) is 18.3. The highest BCUT2D eigenvalue weighted by atomic mass is 32.1. The van der Waals surface area contributed by atoms with Gasteiger partial charge < -0.3 is 10.0 Å². The van der Waals surface area contributed by atoms with Crippen LogP contribution in [0.5, 0.6) is 0 Å². The SMILES string of the molecule is Cc1sc2ncc(C(=O)N3CCC[C@H](C(=O)O)C3)c(=O)n2c1C. The Kier molecular flexibility index (Phi) is 3.93. The number of piperidine rings is 1. The number of hydrogen-bond acceptors (Lipinski definition) is 5. The monoisotopic (exact) mass is 335 g/mol. The third kappa shape index (κ3) is 2.63. The Balaban J connectivity index is 1.98. The molecule has 23 heavy (non-hydrogen) atoms. The summed E-state index contributed by atoms with van der Waals surface area (Å²) in [4.78, 5) is 43.6. The maximum atomic E-state index is 12.6. The molecule has 0 saturated carbocycles. The summed E-state index contributed by atoms with van der Waals surface area (Å²) in [6.45, 7) is 4.32. The standard InChI is InChI=1S/C15H17N3O4S/c1-8-9(2)23-15-16-6-11(13(20)18(8)15)12(19)17-5-3-4-10(7-17)14(21)22/h6,10H,3-5,7H2,1-2H3,(H,21,22)/t10-/m0/s1. The zero-order chi connectivity index (χ0) is 16.7. The van der Waals surface area contributed by atoms with Crippen molar-refractivity contribution in [3.8, 4) is 0 Å². The Labute approximate surface area is 136 Å². The number of carbonyl (C=O) groups excluding carboxylic acids is 1. The number of rotatable bonds is 2. The predicted molar refractivity (Wildman–Crippen MR) is 85.1 cm³/mol. The molecule has 7 nitrogen and oxygen atoms in total. The average Bonchev–Trinajstić information content (AvgIpc) is 2.82. The van der Waals surface area contributed by atoms with Crippen molar-refractivity contribution in [1.82, 2.24) is 14.3 Å². The Morgan fingerprint density at radius 3 is 2.83 bits per heavy atom. The van der Waals surface area contributed by atoms with Gasteiger partial charge in [-0.3, -0.25) is 18.8 Å². The molecule has 1 atom stereocenters. The molecule has 0 bridgehead atoms. The Morgan fingerprint density at radius 1 is 1.39 bits per heavy atom. The number of aliphatic carboxylic acids is 1. The van der Waals surface area contributed by atoms with Gasteiger partial charge in [0.1, 0.15) is 5.56 Å². The first kappa shape index (κ1) is 15.7. The fourth-order valence-electron chi connectivity index (χ4n) is 2.86. The van der Waals surface area contributed by atoms with E-state index in [-0.39, 0.29) is 17.7 Å². The molecule has 1 saturated heterocycles. The van der Waals surface area contributed by atoms with E-state index >= 15 is 0 Å². The van der Waals surface area contributed by atoms with E-state index in [1.165, 1.54) is 26.8 Å². The fourth-order valence-corrected chi connectivity index (χ4v) is 3.79. The number of carbonyl (C=O) groups is 2. The van der Waals surface area contributed by atoms with Crippen LogP contribution in [0.2, 0.25) is 0 Å². The van der Waals surface area contributed by atoms with Crippen molar-refractivity contribution >= 4 is 28.2 Å². The molecule has 2 aromatic rings. The highest BCUT2D eigenvalue weighted by Crippen LogP contribution is 2.20. The Morgan fingerprint density at radius 2 is 2.13 bits per heavy atom. The first-order valence-corrected chi connectivity index (χ1v) is 8.21. The van der Waals surface area contributed by atoms with Crippen LogP contribution in [0.1, 0.15) is 33.8 Å². The molecule has 0 spiro atoms. The van der Waals surface area contributed by atoms with Crippen LogP contribution in [-0.4, -0.2) is 44.4 Å². The number of likely N-dealkylation sites (tertiary alicyclic amines) is 1. The largest absolute Gasteiger partial charge is 0.481 e. The van der Waals surface area contributed by atoms with Crippen LogP contribution in [0.15, 0.2) is 11.0 Å². The lowest BCUT2D eigenvalue weighted by molar-refractivity contribution is -0.143. The van der Waals surface area contributed by atoms with Crippen molar-refractivity contribution in [2.75, 3.05) is 13.1 Å². The van der Waals surface area contributed by atoms with Crippen LogP contribution < -0.4 is 5.56 Å². The molecule has 1 amide bonds. The van der Waals surface area contributed by atoms with Gasteiger partial charge in [-0.1, -0.05) is 0 Å². The molecule has 0 unspecified atom stereocenters. The molecule has 2 aromatic heterocycles. The molecule has 0 radical (unpaired) electrons. The number of nitrogens with zero attached hydrogens (tertiary/aromatic N) is 3.